The molecule has 1 saturated carbocycles. The molecule has 0 heterocycles. The summed E-state index contributed by atoms with van der Waals surface area (Å²) >= 11 is 0. The maximum absolute atomic E-state index is 13.0. The van der Waals surface area contributed by atoms with Crippen LogP contribution < -0.4 is 0 Å². The van der Waals surface area contributed by atoms with E-state index in [4.69, 9.17) is 0 Å². The van der Waals surface area contributed by atoms with Crippen molar-refractivity contribution in [2.75, 3.05) is 0 Å². The van der Waals surface area contributed by atoms with E-state index in [1.54, 1.807) is 0 Å². The van der Waals surface area contributed by atoms with Gasteiger partial charge in [0, 0.05) is 16.9 Å². The van der Waals surface area contributed by atoms with E-state index in [1.807, 2.05) is 19.1 Å². The van der Waals surface area contributed by atoms with Crippen molar-refractivity contribution < 1.29 is 9.90 Å². The zero-order valence-corrected chi connectivity index (χ0v) is 13.2. The third-order valence-electron chi connectivity index (χ3n) is 5.72. The highest BCUT2D eigenvalue weighted by Gasteiger charge is 2.52. The standard InChI is InChI=1S/C19H24O2/c1-5-11(2)13-10-12(3)15-14-8-6-7-9-19(14,4)18(21)16(15)17(13)20/h5,10-11,14,20H,1,6-9H2,2-4H3. The summed E-state index contributed by atoms with van der Waals surface area (Å²) in [6.07, 6.45) is 6.11. The lowest BCUT2D eigenvalue weighted by atomic mass is 9.67. The number of fused-ring (bicyclic) bond motifs is 3. The Hall–Kier alpha value is -1.57. The molecule has 3 rings (SSSR count). The largest absolute Gasteiger partial charge is 0.507 e. The minimum atomic E-state index is -0.307. The van der Waals surface area contributed by atoms with Gasteiger partial charge in [-0.15, -0.1) is 6.58 Å². The molecule has 0 saturated heterocycles. The Morgan fingerprint density at radius 1 is 1.48 bits per heavy atom. The smallest absolute Gasteiger partial charge is 0.173 e. The van der Waals surface area contributed by atoms with Gasteiger partial charge in [0.2, 0.25) is 0 Å². The van der Waals surface area contributed by atoms with Crippen LogP contribution in [0.2, 0.25) is 0 Å². The Bertz CT molecular complexity index is 629. The van der Waals surface area contributed by atoms with Crippen LogP contribution in [0.1, 0.15) is 78.4 Å². The van der Waals surface area contributed by atoms with E-state index in [0.29, 0.717) is 5.56 Å². The molecule has 0 spiro atoms. The Morgan fingerprint density at radius 3 is 2.86 bits per heavy atom. The lowest BCUT2D eigenvalue weighted by Gasteiger charge is -2.35. The molecular formula is C19H24O2. The third-order valence-corrected chi connectivity index (χ3v) is 5.72. The molecule has 3 unspecified atom stereocenters. The van der Waals surface area contributed by atoms with Crippen molar-refractivity contribution in [3.8, 4) is 5.75 Å². The summed E-state index contributed by atoms with van der Waals surface area (Å²) < 4.78 is 0. The normalized spacial score (nSPS) is 28.9. The first-order valence-electron chi connectivity index (χ1n) is 7.95. The molecule has 1 fully saturated rings. The quantitative estimate of drug-likeness (QED) is 0.788. The summed E-state index contributed by atoms with van der Waals surface area (Å²) in [4.78, 5) is 13.0. The van der Waals surface area contributed by atoms with Crippen molar-refractivity contribution >= 4 is 5.78 Å². The van der Waals surface area contributed by atoms with Gasteiger partial charge in [0.15, 0.2) is 5.78 Å². The van der Waals surface area contributed by atoms with Crippen LogP contribution in [0.4, 0.5) is 0 Å². The van der Waals surface area contributed by atoms with Gasteiger partial charge < -0.3 is 5.11 Å². The lowest BCUT2D eigenvalue weighted by Crippen LogP contribution is -2.31. The molecule has 2 aliphatic rings. The fraction of sp³-hybridized carbons (Fsp3) is 0.526. The predicted octanol–water partition coefficient (Wildman–Crippen LogP) is 4.85. The molecule has 2 heteroatoms. The van der Waals surface area contributed by atoms with E-state index < -0.39 is 0 Å². The molecule has 21 heavy (non-hydrogen) atoms. The fourth-order valence-electron chi connectivity index (χ4n) is 4.36. The number of phenols is 1. The summed E-state index contributed by atoms with van der Waals surface area (Å²) in [6.45, 7) is 9.98. The topological polar surface area (TPSA) is 37.3 Å². The molecule has 112 valence electrons. The average Bonchev–Trinajstić information content (AvgIpc) is 2.71. The number of carbonyl (C=O) groups excluding carboxylic acids is 1. The number of carbonyl (C=O) groups is 1. The molecule has 2 aliphatic carbocycles. The van der Waals surface area contributed by atoms with E-state index in [9.17, 15) is 9.90 Å². The van der Waals surface area contributed by atoms with Gasteiger partial charge in [-0.1, -0.05) is 38.8 Å². The molecule has 0 amide bonds. The molecule has 1 aromatic carbocycles. The number of aryl methyl sites for hydroxylation is 1. The molecule has 1 N–H and O–H groups in total. The third kappa shape index (κ3) is 1.81. The monoisotopic (exact) mass is 284 g/mol. The van der Waals surface area contributed by atoms with Crippen molar-refractivity contribution in [3.63, 3.8) is 0 Å². The van der Waals surface area contributed by atoms with E-state index in [2.05, 4.69) is 20.4 Å². The highest BCUT2D eigenvalue weighted by Crippen LogP contribution is 2.58. The van der Waals surface area contributed by atoms with E-state index in [1.165, 1.54) is 6.42 Å². The number of phenolic OH excluding ortho intramolecular Hbond substituents is 1. The highest BCUT2D eigenvalue weighted by atomic mass is 16.3. The van der Waals surface area contributed by atoms with Crippen LogP contribution in [0.15, 0.2) is 18.7 Å². The van der Waals surface area contributed by atoms with Crippen LogP contribution in [0.3, 0.4) is 0 Å². The number of hydrogen-bond acceptors (Lipinski definition) is 2. The number of rotatable bonds is 2. The summed E-state index contributed by atoms with van der Waals surface area (Å²) in [6, 6.07) is 2.05. The summed E-state index contributed by atoms with van der Waals surface area (Å²) in [5.41, 5.74) is 3.39. The van der Waals surface area contributed by atoms with Crippen molar-refractivity contribution in [2.24, 2.45) is 5.41 Å². The fourth-order valence-corrected chi connectivity index (χ4v) is 4.36. The van der Waals surface area contributed by atoms with E-state index in [0.717, 1.165) is 36.0 Å². The van der Waals surface area contributed by atoms with Gasteiger partial charge in [0.05, 0.1) is 5.56 Å². The van der Waals surface area contributed by atoms with Crippen LogP contribution in [0, 0.1) is 12.3 Å². The van der Waals surface area contributed by atoms with Crippen molar-refractivity contribution in [1.82, 2.24) is 0 Å². The van der Waals surface area contributed by atoms with Crippen LogP contribution >= 0.6 is 0 Å². The molecule has 2 nitrogen and oxygen atoms in total. The van der Waals surface area contributed by atoms with Gasteiger partial charge >= 0.3 is 0 Å². The minimum Gasteiger partial charge on any atom is -0.507 e. The first-order chi connectivity index (χ1) is 9.91. The van der Waals surface area contributed by atoms with Gasteiger partial charge in [-0.3, -0.25) is 4.79 Å². The van der Waals surface area contributed by atoms with Gasteiger partial charge in [-0.05, 0) is 36.8 Å². The van der Waals surface area contributed by atoms with Gasteiger partial charge in [-0.2, -0.15) is 0 Å². The first-order valence-corrected chi connectivity index (χ1v) is 7.95. The number of Topliss-reactive ketones (excluding diaryl/α,β-unsaturated/α-hetero) is 1. The van der Waals surface area contributed by atoms with Gasteiger partial charge in [-0.25, -0.2) is 0 Å². The summed E-state index contributed by atoms with van der Waals surface area (Å²) in [5, 5.41) is 10.7. The van der Waals surface area contributed by atoms with Crippen molar-refractivity contribution in [2.45, 2.75) is 58.3 Å². The Labute approximate surface area is 126 Å². The molecule has 0 aliphatic heterocycles. The predicted molar refractivity (Wildman–Crippen MR) is 85.1 cm³/mol. The van der Waals surface area contributed by atoms with Crippen molar-refractivity contribution in [3.05, 3.63) is 41.0 Å². The van der Waals surface area contributed by atoms with Crippen molar-refractivity contribution in [1.29, 1.82) is 0 Å². The van der Waals surface area contributed by atoms with E-state index >= 15 is 0 Å². The maximum atomic E-state index is 13.0. The highest BCUT2D eigenvalue weighted by molar-refractivity contribution is 6.08. The molecule has 3 atom stereocenters. The Kier molecular flexibility index (Phi) is 3.23. The zero-order chi connectivity index (χ0) is 15.4. The minimum absolute atomic E-state index is 0.0530. The van der Waals surface area contributed by atoms with Crippen LogP contribution in [0.25, 0.3) is 0 Å². The zero-order valence-electron chi connectivity index (χ0n) is 13.2. The van der Waals surface area contributed by atoms with Crippen LogP contribution in [0.5, 0.6) is 5.75 Å². The Balaban J connectivity index is 2.25. The molecule has 0 bridgehead atoms. The number of hydrogen-bond donors (Lipinski definition) is 1. The molecular weight excluding hydrogens is 260 g/mol. The molecule has 0 radical (unpaired) electrons. The van der Waals surface area contributed by atoms with Gasteiger partial charge in [0.25, 0.3) is 0 Å². The average molecular weight is 284 g/mol. The van der Waals surface area contributed by atoms with Gasteiger partial charge in [0.1, 0.15) is 5.75 Å². The Morgan fingerprint density at radius 2 is 2.19 bits per heavy atom. The summed E-state index contributed by atoms with van der Waals surface area (Å²) in [7, 11) is 0. The lowest BCUT2D eigenvalue weighted by molar-refractivity contribution is 0.0746. The molecule has 1 aromatic rings. The van der Waals surface area contributed by atoms with E-state index in [-0.39, 0.29) is 28.8 Å². The van der Waals surface area contributed by atoms with Crippen LogP contribution in [-0.2, 0) is 0 Å². The number of allylic oxidation sites excluding steroid dienone is 1. The first kappa shape index (κ1) is 14.4. The summed E-state index contributed by atoms with van der Waals surface area (Å²) in [5.74, 6) is 0.689. The number of benzene rings is 1. The second kappa shape index (κ2) is 4.72. The van der Waals surface area contributed by atoms with Crippen LogP contribution in [-0.4, -0.2) is 10.9 Å². The number of aromatic hydroxyl groups is 1. The second-order valence-corrected chi connectivity index (χ2v) is 6.99. The molecule has 0 aromatic heterocycles. The maximum Gasteiger partial charge on any atom is 0.173 e. The second-order valence-electron chi connectivity index (χ2n) is 6.99. The SMILES string of the molecule is C=CC(C)c1cc(C)c2c(c1O)C(=O)C1(C)CCCCC21. The number of ketones is 1.